The first-order valence-corrected chi connectivity index (χ1v) is 10.4. The Kier molecular flexibility index (Phi) is 8.88. The Balaban J connectivity index is 2.16. The summed E-state index contributed by atoms with van der Waals surface area (Å²) in [5, 5.41) is 12.6. The van der Waals surface area contributed by atoms with Crippen molar-refractivity contribution >= 4 is 11.9 Å². The first kappa shape index (κ1) is 23.4. The van der Waals surface area contributed by atoms with Crippen molar-refractivity contribution in [2.75, 3.05) is 13.1 Å². The van der Waals surface area contributed by atoms with E-state index in [1.165, 1.54) is 5.56 Å². The van der Waals surface area contributed by atoms with Crippen molar-refractivity contribution in [2.45, 2.75) is 65.3 Å². The average Bonchev–Trinajstić information content (AvgIpc) is 3.11. The highest BCUT2D eigenvalue weighted by atomic mass is 16.5. The van der Waals surface area contributed by atoms with Gasteiger partial charge in [0, 0.05) is 19.1 Å². The number of hydrogen-bond donors (Lipinski definition) is 1. The van der Waals surface area contributed by atoms with E-state index < -0.39 is 18.0 Å². The quantitative estimate of drug-likeness (QED) is 0.378. The minimum Gasteiger partial charge on any atom is -0.459 e. The second-order valence-corrected chi connectivity index (χ2v) is 7.90. The van der Waals surface area contributed by atoms with Gasteiger partial charge in [0.1, 0.15) is 11.8 Å². The van der Waals surface area contributed by atoms with Crippen LogP contribution in [0.3, 0.4) is 0 Å². The van der Waals surface area contributed by atoms with Crippen LogP contribution >= 0.6 is 0 Å². The van der Waals surface area contributed by atoms with Crippen molar-refractivity contribution in [1.82, 2.24) is 10.2 Å². The van der Waals surface area contributed by atoms with E-state index in [1.54, 1.807) is 27.7 Å². The molecule has 0 saturated carbocycles. The zero-order valence-corrected chi connectivity index (χ0v) is 18.2. The Bertz CT molecular complexity index is 796. The largest absolute Gasteiger partial charge is 0.459 e. The fraction of sp³-hybridized carbons (Fsp3) is 0.522. The van der Waals surface area contributed by atoms with Crippen molar-refractivity contribution in [3.05, 3.63) is 47.2 Å². The predicted molar refractivity (Wildman–Crippen MR) is 113 cm³/mol. The summed E-state index contributed by atoms with van der Waals surface area (Å²) in [5.74, 6) is -1.56. The molecule has 0 amide bonds. The summed E-state index contributed by atoms with van der Waals surface area (Å²) in [6.07, 6.45) is 1.23. The monoisotopic (exact) mass is 413 g/mol. The van der Waals surface area contributed by atoms with Gasteiger partial charge in [-0.2, -0.15) is 5.26 Å². The van der Waals surface area contributed by atoms with Crippen LogP contribution in [0.2, 0.25) is 0 Å². The molecule has 1 saturated heterocycles. The van der Waals surface area contributed by atoms with E-state index >= 15 is 0 Å². The Morgan fingerprint density at radius 3 is 2.37 bits per heavy atom. The minimum atomic E-state index is -0.830. The number of nitrogens with zero attached hydrogens (tertiary/aromatic N) is 2. The maximum absolute atomic E-state index is 12.6. The Labute approximate surface area is 178 Å². The fourth-order valence-corrected chi connectivity index (χ4v) is 3.38. The number of likely N-dealkylation sites (tertiary alicyclic amines) is 1. The summed E-state index contributed by atoms with van der Waals surface area (Å²) in [7, 11) is 0. The molecule has 0 spiro atoms. The molecule has 7 nitrogen and oxygen atoms in total. The van der Waals surface area contributed by atoms with Gasteiger partial charge in [0.25, 0.3) is 0 Å². The Hall–Kier alpha value is -2.85. The summed E-state index contributed by atoms with van der Waals surface area (Å²) in [4.78, 5) is 27.3. The minimum absolute atomic E-state index is 0.136. The summed E-state index contributed by atoms with van der Waals surface area (Å²) >= 11 is 0. The lowest BCUT2D eigenvalue weighted by molar-refractivity contribution is -0.146. The summed E-state index contributed by atoms with van der Waals surface area (Å²) in [5.41, 5.74) is 0.725. The van der Waals surface area contributed by atoms with E-state index in [2.05, 4.69) is 22.3 Å². The molecule has 1 heterocycles. The topological polar surface area (TPSA) is 91.7 Å². The third-order valence-electron chi connectivity index (χ3n) is 4.70. The number of carbonyl (C=O) groups is 2. The van der Waals surface area contributed by atoms with Crippen LogP contribution in [0, 0.1) is 11.3 Å². The zero-order valence-electron chi connectivity index (χ0n) is 18.2. The lowest BCUT2D eigenvalue weighted by Gasteiger charge is -2.26. The third-order valence-corrected chi connectivity index (χ3v) is 4.70. The number of hydrogen-bond acceptors (Lipinski definition) is 7. The van der Waals surface area contributed by atoms with Gasteiger partial charge in [-0.25, -0.2) is 9.59 Å². The molecule has 0 radical (unpaired) electrons. The molecular weight excluding hydrogens is 382 g/mol. The van der Waals surface area contributed by atoms with Crippen molar-refractivity contribution in [3.63, 3.8) is 0 Å². The van der Waals surface area contributed by atoms with Crippen LogP contribution in [0.25, 0.3) is 0 Å². The number of ether oxygens (including phenoxy) is 2. The molecule has 30 heavy (non-hydrogen) atoms. The standard InChI is InChI=1S/C23H31N3O4/c1-16(2)29-22(27)20(13-24)21(23(28)30-17(3)4)25-14-19-11-8-12-26(19)15-18-9-6-5-7-10-18/h5-7,9-10,16-17,19,25H,8,11-12,14-15H2,1-4H3/b21-20-/t19-/m0/s1. The summed E-state index contributed by atoms with van der Waals surface area (Å²) in [6, 6.07) is 12.2. The lowest BCUT2D eigenvalue weighted by Crippen LogP contribution is -2.39. The molecule has 1 fully saturated rings. The van der Waals surface area contributed by atoms with E-state index in [-0.39, 0.29) is 23.4 Å². The van der Waals surface area contributed by atoms with Crippen molar-refractivity contribution in [1.29, 1.82) is 5.26 Å². The highest BCUT2D eigenvalue weighted by Gasteiger charge is 2.29. The lowest BCUT2D eigenvalue weighted by atomic mass is 10.1. The van der Waals surface area contributed by atoms with E-state index in [4.69, 9.17) is 9.47 Å². The number of nitrogens with one attached hydrogen (secondary N) is 1. The number of nitriles is 1. The van der Waals surface area contributed by atoms with Gasteiger partial charge in [-0.15, -0.1) is 0 Å². The second-order valence-electron chi connectivity index (χ2n) is 7.90. The van der Waals surface area contributed by atoms with Crippen LogP contribution in [0.5, 0.6) is 0 Å². The Morgan fingerprint density at radius 1 is 1.13 bits per heavy atom. The van der Waals surface area contributed by atoms with E-state index in [0.717, 1.165) is 25.9 Å². The fourth-order valence-electron chi connectivity index (χ4n) is 3.38. The van der Waals surface area contributed by atoms with Crippen molar-refractivity contribution < 1.29 is 19.1 Å². The molecule has 1 atom stereocenters. The van der Waals surface area contributed by atoms with Gasteiger partial charge in [-0.3, -0.25) is 4.90 Å². The molecule has 162 valence electrons. The van der Waals surface area contributed by atoms with Crippen LogP contribution in [0.15, 0.2) is 41.6 Å². The van der Waals surface area contributed by atoms with Gasteiger partial charge in [0.15, 0.2) is 5.57 Å². The van der Waals surface area contributed by atoms with E-state index in [0.29, 0.717) is 6.54 Å². The third kappa shape index (κ3) is 6.89. The number of carbonyl (C=O) groups excluding carboxylic acids is 2. The van der Waals surface area contributed by atoms with Crippen molar-refractivity contribution in [2.24, 2.45) is 0 Å². The van der Waals surface area contributed by atoms with E-state index in [9.17, 15) is 14.9 Å². The van der Waals surface area contributed by atoms with E-state index in [1.807, 2.05) is 24.3 Å². The second kappa shape index (κ2) is 11.4. The molecular formula is C23H31N3O4. The highest BCUT2D eigenvalue weighted by molar-refractivity contribution is 6.02. The molecule has 1 aliphatic rings. The highest BCUT2D eigenvalue weighted by Crippen LogP contribution is 2.20. The zero-order chi connectivity index (χ0) is 22.1. The summed E-state index contributed by atoms with van der Waals surface area (Å²) < 4.78 is 10.4. The molecule has 1 aliphatic heterocycles. The van der Waals surface area contributed by atoms with Gasteiger partial charge in [0.2, 0.25) is 0 Å². The predicted octanol–water partition coefficient (Wildman–Crippen LogP) is 2.92. The van der Waals surface area contributed by atoms with Crippen LogP contribution in [0.4, 0.5) is 0 Å². The van der Waals surface area contributed by atoms with Gasteiger partial charge in [-0.05, 0) is 52.6 Å². The van der Waals surface area contributed by atoms with Crippen LogP contribution in [0.1, 0.15) is 46.1 Å². The average molecular weight is 414 g/mol. The smallest absolute Gasteiger partial charge is 0.356 e. The SMILES string of the molecule is CC(C)OC(=O)/C(C#N)=C(\NC[C@@H]1CCCN1Cc1ccccc1)C(=O)OC(C)C. The van der Waals surface area contributed by atoms with Gasteiger partial charge in [0.05, 0.1) is 12.2 Å². The van der Waals surface area contributed by atoms with Gasteiger partial charge < -0.3 is 14.8 Å². The maximum Gasteiger partial charge on any atom is 0.356 e. The molecule has 1 aromatic carbocycles. The van der Waals surface area contributed by atoms with Gasteiger partial charge in [-0.1, -0.05) is 30.3 Å². The normalized spacial score (nSPS) is 17.4. The number of rotatable bonds is 9. The molecule has 2 rings (SSSR count). The van der Waals surface area contributed by atoms with Crippen LogP contribution < -0.4 is 5.32 Å². The molecule has 0 aliphatic carbocycles. The van der Waals surface area contributed by atoms with Crippen molar-refractivity contribution in [3.8, 4) is 6.07 Å². The first-order valence-electron chi connectivity index (χ1n) is 10.4. The molecule has 7 heteroatoms. The maximum atomic E-state index is 12.6. The Morgan fingerprint density at radius 2 is 1.77 bits per heavy atom. The molecule has 1 aromatic rings. The molecule has 0 unspecified atom stereocenters. The number of esters is 2. The van der Waals surface area contributed by atoms with Crippen LogP contribution in [-0.4, -0.2) is 48.2 Å². The van der Waals surface area contributed by atoms with Gasteiger partial charge >= 0.3 is 11.9 Å². The molecule has 1 N–H and O–H groups in total. The van der Waals surface area contributed by atoms with Crippen LogP contribution in [-0.2, 0) is 25.6 Å². The summed E-state index contributed by atoms with van der Waals surface area (Å²) in [6.45, 7) is 8.99. The molecule has 0 bridgehead atoms. The number of benzene rings is 1. The molecule has 0 aromatic heterocycles. The first-order chi connectivity index (χ1) is 14.3.